The lowest BCUT2D eigenvalue weighted by molar-refractivity contribution is -0.114. The number of carbonyl (C=O) groups is 2. The molecule has 0 fully saturated rings. The number of rotatable bonds is 6. The van der Waals surface area contributed by atoms with Crippen LogP contribution < -0.4 is 16.0 Å². The Balaban J connectivity index is 1.57. The fourth-order valence-corrected chi connectivity index (χ4v) is 2.61. The third-order valence-electron chi connectivity index (χ3n) is 3.91. The van der Waals surface area contributed by atoms with Gasteiger partial charge in [-0.25, -0.2) is 0 Å². The monoisotopic (exact) mass is 359 g/mol. The third kappa shape index (κ3) is 5.44. The molecule has 27 heavy (non-hydrogen) atoms. The van der Waals surface area contributed by atoms with Crippen LogP contribution >= 0.6 is 0 Å². The van der Waals surface area contributed by atoms with Crippen LogP contribution in [0.5, 0.6) is 0 Å². The zero-order chi connectivity index (χ0) is 19.1. The molecule has 3 N–H and O–H groups in total. The van der Waals surface area contributed by atoms with Gasteiger partial charge in [-0.2, -0.15) is 0 Å². The highest BCUT2D eigenvalue weighted by atomic mass is 16.2. The molecule has 3 aromatic carbocycles. The summed E-state index contributed by atoms with van der Waals surface area (Å²) in [5.41, 5.74) is 3.84. The largest absolute Gasteiger partial charge is 0.376 e. The van der Waals surface area contributed by atoms with Crippen molar-refractivity contribution in [3.8, 4) is 0 Å². The fraction of sp³-hybridized carbons (Fsp3) is 0.0909. The van der Waals surface area contributed by atoms with Crippen LogP contribution in [0.4, 0.5) is 17.1 Å². The minimum Gasteiger partial charge on any atom is -0.376 e. The summed E-state index contributed by atoms with van der Waals surface area (Å²) in [7, 11) is 0. The van der Waals surface area contributed by atoms with Crippen molar-refractivity contribution in [1.82, 2.24) is 0 Å². The van der Waals surface area contributed by atoms with E-state index in [-0.39, 0.29) is 18.4 Å². The Kier molecular flexibility index (Phi) is 5.84. The number of nitrogens with one attached hydrogen (secondary N) is 3. The van der Waals surface area contributed by atoms with Gasteiger partial charge in [-0.15, -0.1) is 0 Å². The van der Waals surface area contributed by atoms with Crippen LogP contribution in [0.1, 0.15) is 15.9 Å². The molecular formula is C22H21N3O2. The first kappa shape index (κ1) is 18.2. The Labute approximate surface area is 158 Å². The van der Waals surface area contributed by atoms with Crippen molar-refractivity contribution in [1.29, 1.82) is 0 Å². The smallest absolute Gasteiger partial charge is 0.255 e. The molecule has 5 nitrogen and oxygen atoms in total. The van der Waals surface area contributed by atoms with E-state index in [1.54, 1.807) is 36.4 Å². The number of hydrogen-bond acceptors (Lipinski definition) is 3. The Bertz CT molecular complexity index is 939. The summed E-state index contributed by atoms with van der Waals surface area (Å²) in [6.07, 6.45) is 0. The number of anilines is 3. The molecule has 3 rings (SSSR count). The molecule has 5 heteroatoms. The first-order valence-electron chi connectivity index (χ1n) is 8.67. The van der Waals surface area contributed by atoms with Crippen molar-refractivity contribution in [2.75, 3.05) is 22.5 Å². The molecule has 136 valence electrons. The highest BCUT2D eigenvalue weighted by Crippen LogP contribution is 2.16. The van der Waals surface area contributed by atoms with Crippen LogP contribution in [0.2, 0.25) is 0 Å². The second-order valence-corrected chi connectivity index (χ2v) is 6.17. The van der Waals surface area contributed by atoms with Gasteiger partial charge in [0.15, 0.2) is 0 Å². The summed E-state index contributed by atoms with van der Waals surface area (Å²) in [6, 6.07) is 23.9. The molecule has 0 aliphatic carbocycles. The minimum atomic E-state index is -0.194. The maximum absolute atomic E-state index is 12.2. The fourth-order valence-electron chi connectivity index (χ4n) is 2.61. The average molecular weight is 359 g/mol. The van der Waals surface area contributed by atoms with Crippen LogP contribution in [0.15, 0.2) is 78.9 Å². The van der Waals surface area contributed by atoms with Gasteiger partial charge in [0.1, 0.15) is 0 Å². The lowest BCUT2D eigenvalue weighted by Gasteiger charge is -2.10. The molecule has 0 unspecified atom stereocenters. The van der Waals surface area contributed by atoms with Crippen LogP contribution in [0.3, 0.4) is 0 Å². The van der Waals surface area contributed by atoms with E-state index in [1.807, 2.05) is 49.4 Å². The summed E-state index contributed by atoms with van der Waals surface area (Å²) in [5.74, 6) is -0.358. The van der Waals surface area contributed by atoms with Crippen molar-refractivity contribution in [3.63, 3.8) is 0 Å². The van der Waals surface area contributed by atoms with Crippen molar-refractivity contribution >= 4 is 28.9 Å². The maximum atomic E-state index is 12.2. The summed E-state index contributed by atoms with van der Waals surface area (Å²) < 4.78 is 0. The van der Waals surface area contributed by atoms with Crippen molar-refractivity contribution in [2.24, 2.45) is 0 Å². The molecule has 0 atom stereocenters. The molecule has 2 amide bonds. The number of hydrogen-bond donors (Lipinski definition) is 3. The van der Waals surface area contributed by atoms with Gasteiger partial charge in [-0.3, -0.25) is 9.59 Å². The highest BCUT2D eigenvalue weighted by molar-refractivity contribution is 6.04. The van der Waals surface area contributed by atoms with Crippen LogP contribution in [0, 0.1) is 6.92 Å². The molecule has 0 saturated heterocycles. The van der Waals surface area contributed by atoms with Crippen LogP contribution in [-0.2, 0) is 4.79 Å². The second-order valence-electron chi connectivity index (χ2n) is 6.17. The number of aryl methyl sites for hydroxylation is 1. The van der Waals surface area contributed by atoms with Gasteiger partial charge in [0, 0.05) is 22.6 Å². The standard InChI is InChI=1S/C22H21N3O2/c1-16-7-5-10-18(13-16)23-15-21(26)24-19-11-6-12-20(14-19)25-22(27)17-8-3-2-4-9-17/h2-14,23H,15H2,1H3,(H,24,26)(H,25,27). The van der Waals surface area contributed by atoms with Gasteiger partial charge in [-0.05, 0) is 55.0 Å². The molecule has 0 saturated carbocycles. The first-order chi connectivity index (χ1) is 13.1. The summed E-state index contributed by atoms with van der Waals surface area (Å²) >= 11 is 0. The highest BCUT2D eigenvalue weighted by Gasteiger charge is 2.07. The molecule has 0 aliphatic rings. The van der Waals surface area contributed by atoms with Gasteiger partial charge in [0.05, 0.1) is 6.54 Å². The molecular weight excluding hydrogens is 338 g/mol. The Morgan fingerprint density at radius 2 is 1.41 bits per heavy atom. The molecule has 0 spiro atoms. The molecule has 0 aromatic heterocycles. The molecule has 0 heterocycles. The van der Waals surface area contributed by atoms with Gasteiger partial charge in [0.2, 0.25) is 5.91 Å². The van der Waals surface area contributed by atoms with E-state index in [2.05, 4.69) is 16.0 Å². The van der Waals surface area contributed by atoms with E-state index < -0.39 is 0 Å². The average Bonchev–Trinajstić information content (AvgIpc) is 2.67. The molecule has 0 bridgehead atoms. The Morgan fingerprint density at radius 3 is 2.15 bits per heavy atom. The van der Waals surface area contributed by atoms with E-state index in [1.165, 1.54) is 0 Å². The second kappa shape index (κ2) is 8.67. The first-order valence-corrected chi connectivity index (χ1v) is 8.67. The third-order valence-corrected chi connectivity index (χ3v) is 3.91. The number of amides is 2. The molecule has 0 aliphatic heterocycles. The maximum Gasteiger partial charge on any atom is 0.255 e. The molecule has 3 aromatic rings. The van der Waals surface area contributed by atoms with E-state index >= 15 is 0 Å². The predicted octanol–water partition coefficient (Wildman–Crippen LogP) is 4.30. The Morgan fingerprint density at radius 1 is 0.741 bits per heavy atom. The van der Waals surface area contributed by atoms with E-state index in [0.29, 0.717) is 16.9 Å². The summed E-state index contributed by atoms with van der Waals surface area (Å²) in [6.45, 7) is 2.16. The quantitative estimate of drug-likeness (QED) is 0.615. The van der Waals surface area contributed by atoms with Gasteiger partial charge >= 0.3 is 0 Å². The zero-order valence-electron chi connectivity index (χ0n) is 15.0. The van der Waals surface area contributed by atoms with E-state index in [4.69, 9.17) is 0 Å². The van der Waals surface area contributed by atoms with Crippen LogP contribution in [-0.4, -0.2) is 18.4 Å². The van der Waals surface area contributed by atoms with Gasteiger partial charge in [0.25, 0.3) is 5.91 Å². The summed E-state index contributed by atoms with van der Waals surface area (Å²) in [5, 5.41) is 8.75. The Hall–Kier alpha value is -3.60. The number of carbonyl (C=O) groups excluding carboxylic acids is 2. The zero-order valence-corrected chi connectivity index (χ0v) is 15.0. The van der Waals surface area contributed by atoms with Gasteiger partial charge < -0.3 is 16.0 Å². The lowest BCUT2D eigenvalue weighted by Crippen LogP contribution is -2.21. The predicted molar refractivity (Wildman–Crippen MR) is 109 cm³/mol. The summed E-state index contributed by atoms with van der Waals surface area (Å²) in [4.78, 5) is 24.4. The van der Waals surface area contributed by atoms with Crippen LogP contribution in [0.25, 0.3) is 0 Å². The van der Waals surface area contributed by atoms with E-state index in [0.717, 1.165) is 11.3 Å². The van der Waals surface area contributed by atoms with Crippen molar-refractivity contribution in [2.45, 2.75) is 6.92 Å². The minimum absolute atomic E-state index is 0.157. The van der Waals surface area contributed by atoms with Crippen molar-refractivity contribution in [3.05, 3.63) is 90.0 Å². The van der Waals surface area contributed by atoms with E-state index in [9.17, 15) is 9.59 Å². The topological polar surface area (TPSA) is 70.2 Å². The normalized spacial score (nSPS) is 10.1. The molecule has 0 radical (unpaired) electrons. The SMILES string of the molecule is Cc1cccc(NCC(=O)Nc2cccc(NC(=O)c3ccccc3)c2)c1. The van der Waals surface area contributed by atoms with Crippen molar-refractivity contribution < 1.29 is 9.59 Å². The number of benzene rings is 3. The lowest BCUT2D eigenvalue weighted by atomic mass is 10.2. The van der Waals surface area contributed by atoms with Gasteiger partial charge in [-0.1, -0.05) is 36.4 Å².